The minimum atomic E-state index is -0.388. The third kappa shape index (κ3) is 3.67. The van der Waals surface area contributed by atoms with Crippen LogP contribution in [0.5, 0.6) is 0 Å². The fraction of sp³-hybridized carbons (Fsp3) is 0.412. The molecule has 2 rings (SSSR count). The van der Waals surface area contributed by atoms with Crippen molar-refractivity contribution in [2.45, 2.75) is 46.1 Å². The van der Waals surface area contributed by atoms with E-state index in [1.165, 1.54) is 0 Å². The van der Waals surface area contributed by atoms with Crippen LogP contribution >= 0.6 is 0 Å². The predicted molar refractivity (Wildman–Crippen MR) is 87.0 cm³/mol. The number of hydrogen-bond donors (Lipinski definition) is 2. The third-order valence-electron chi connectivity index (χ3n) is 3.03. The Bertz CT molecular complexity index is 695. The summed E-state index contributed by atoms with van der Waals surface area (Å²) in [7, 11) is 0. The number of carbonyl (C=O) groups excluding carboxylic acids is 2. The fourth-order valence-electron chi connectivity index (χ4n) is 2.16. The molecular formula is C17H22N2O3. The monoisotopic (exact) mass is 302 g/mol. The largest absolute Gasteiger partial charge is 0.449 e. The molecule has 0 fully saturated rings. The average Bonchev–Trinajstić information content (AvgIpc) is 2.76. The molecule has 22 heavy (non-hydrogen) atoms. The number of furan rings is 1. The van der Waals surface area contributed by atoms with E-state index in [0.717, 1.165) is 11.8 Å². The fourth-order valence-corrected chi connectivity index (χ4v) is 2.16. The Hall–Kier alpha value is -2.30. The second-order valence-corrected chi connectivity index (χ2v) is 6.30. The molecule has 2 N–H and O–H groups in total. The molecule has 0 atom stereocenters. The van der Waals surface area contributed by atoms with Crippen molar-refractivity contribution >= 4 is 28.5 Å². The second kappa shape index (κ2) is 6.22. The zero-order valence-corrected chi connectivity index (χ0v) is 13.4. The van der Waals surface area contributed by atoms with Crippen LogP contribution in [0, 0.1) is 0 Å². The van der Waals surface area contributed by atoms with Crippen LogP contribution in [0.25, 0.3) is 11.0 Å². The van der Waals surface area contributed by atoms with Gasteiger partial charge < -0.3 is 15.1 Å². The van der Waals surface area contributed by atoms with Gasteiger partial charge in [0, 0.05) is 17.3 Å². The lowest BCUT2D eigenvalue weighted by molar-refractivity contribution is -0.116. The molecule has 2 amide bonds. The van der Waals surface area contributed by atoms with Gasteiger partial charge in [-0.25, -0.2) is 0 Å². The van der Waals surface area contributed by atoms with Gasteiger partial charge in [0.1, 0.15) is 11.3 Å². The first kappa shape index (κ1) is 16.1. The van der Waals surface area contributed by atoms with Crippen molar-refractivity contribution in [1.82, 2.24) is 5.32 Å². The van der Waals surface area contributed by atoms with Gasteiger partial charge in [0.05, 0.1) is 0 Å². The van der Waals surface area contributed by atoms with E-state index in [1.54, 1.807) is 6.07 Å². The van der Waals surface area contributed by atoms with Crippen LogP contribution < -0.4 is 10.6 Å². The number of carbonyl (C=O) groups is 2. The van der Waals surface area contributed by atoms with Crippen molar-refractivity contribution < 1.29 is 14.0 Å². The molecule has 1 aromatic carbocycles. The molecule has 5 heteroatoms. The molecule has 0 spiro atoms. The summed E-state index contributed by atoms with van der Waals surface area (Å²) >= 11 is 0. The maximum absolute atomic E-state index is 12.4. The van der Waals surface area contributed by atoms with Crippen molar-refractivity contribution in [1.29, 1.82) is 0 Å². The van der Waals surface area contributed by atoms with Crippen LogP contribution in [0.2, 0.25) is 0 Å². The lowest BCUT2D eigenvalue weighted by Crippen LogP contribution is -2.40. The number of amides is 2. The Kier molecular flexibility index (Phi) is 4.54. The molecule has 0 bridgehead atoms. The Morgan fingerprint density at radius 1 is 1.18 bits per heavy atom. The molecule has 0 aliphatic carbocycles. The maximum atomic E-state index is 12.4. The van der Waals surface area contributed by atoms with Crippen molar-refractivity contribution in [3.8, 4) is 0 Å². The smallest absolute Gasteiger partial charge is 0.289 e. The van der Waals surface area contributed by atoms with E-state index in [9.17, 15) is 9.59 Å². The highest BCUT2D eigenvalue weighted by Gasteiger charge is 2.24. The Morgan fingerprint density at radius 2 is 1.86 bits per heavy atom. The van der Waals surface area contributed by atoms with Gasteiger partial charge in [-0.1, -0.05) is 19.1 Å². The summed E-state index contributed by atoms with van der Waals surface area (Å²) in [6, 6.07) is 7.28. The summed E-state index contributed by atoms with van der Waals surface area (Å²) in [6.45, 7) is 7.61. The lowest BCUT2D eigenvalue weighted by atomic mass is 10.1. The van der Waals surface area contributed by atoms with E-state index < -0.39 is 0 Å². The third-order valence-corrected chi connectivity index (χ3v) is 3.03. The number of hydrogen-bond acceptors (Lipinski definition) is 3. The van der Waals surface area contributed by atoms with Crippen LogP contribution in [0.3, 0.4) is 0 Å². The number of rotatable bonds is 4. The molecule has 1 aromatic heterocycles. The lowest BCUT2D eigenvalue weighted by Gasteiger charge is -2.19. The molecule has 0 unspecified atom stereocenters. The number of nitrogens with one attached hydrogen (secondary N) is 2. The van der Waals surface area contributed by atoms with Gasteiger partial charge in [-0.3, -0.25) is 9.59 Å². The maximum Gasteiger partial charge on any atom is 0.289 e. The first-order valence-electron chi connectivity index (χ1n) is 7.45. The molecular weight excluding hydrogens is 280 g/mol. The topological polar surface area (TPSA) is 71.3 Å². The van der Waals surface area contributed by atoms with Crippen molar-refractivity contribution in [3.05, 3.63) is 30.0 Å². The highest BCUT2D eigenvalue weighted by molar-refractivity contribution is 6.10. The number of benzene rings is 1. The molecule has 118 valence electrons. The quantitative estimate of drug-likeness (QED) is 0.904. The van der Waals surface area contributed by atoms with E-state index in [4.69, 9.17) is 4.42 Å². The standard InChI is InChI=1S/C17H22N2O3/c1-5-8-13(20)18-14-11-9-6-7-10-12(11)22-15(14)16(21)19-17(2,3)4/h6-7,9-10H,5,8H2,1-4H3,(H,18,20)(H,19,21). The van der Waals surface area contributed by atoms with Crippen molar-refractivity contribution in [2.24, 2.45) is 0 Å². The van der Waals surface area contributed by atoms with Crippen LogP contribution in [0.15, 0.2) is 28.7 Å². The molecule has 1 heterocycles. The second-order valence-electron chi connectivity index (χ2n) is 6.30. The average molecular weight is 302 g/mol. The van der Waals surface area contributed by atoms with Gasteiger partial charge in [-0.2, -0.15) is 0 Å². The summed E-state index contributed by atoms with van der Waals surface area (Å²) in [5, 5.41) is 6.39. The van der Waals surface area contributed by atoms with Gasteiger partial charge in [0.15, 0.2) is 0 Å². The first-order valence-corrected chi connectivity index (χ1v) is 7.45. The SMILES string of the molecule is CCCC(=O)Nc1c(C(=O)NC(C)(C)C)oc2ccccc12. The number of anilines is 1. The first-order chi connectivity index (χ1) is 10.3. The van der Waals surface area contributed by atoms with Gasteiger partial charge >= 0.3 is 0 Å². The van der Waals surface area contributed by atoms with Crippen LogP contribution in [0.1, 0.15) is 51.1 Å². The molecule has 0 saturated carbocycles. The summed E-state index contributed by atoms with van der Waals surface area (Å²) in [5.74, 6) is -0.324. The molecule has 0 saturated heterocycles. The minimum absolute atomic E-state index is 0.126. The Balaban J connectivity index is 2.43. The molecule has 0 aliphatic rings. The van der Waals surface area contributed by atoms with Gasteiger partial charge in [-0.05, 0) is 39.3 Å². The van der Waals surface area contributed by atoms with Crippen molar-refractivity contribution in [3.63, 3.8) is 0 Å². The van der Waals surface area contributed by atoms with Crippen molar-refractivity contribution in [2.75, 3.05) is 5.32 Å². The van der Waals surface area contributed by atoms with Gasteiger partial charge in [0.2, 0.25) is 11.7 Å². The number of para-hydroxylation sites is 1. The minimum Gasteiger partial charge on any atom is -0.449 e. The normalized spacial score (nSPS) is 11.5. The van der Waals surface area contributed by atoms with E-state index >= 15 is 0 Å². The van der Waals surface area contributed by atoms with Gasteiger partial charge in [-0.15, -0.1) is 0 Å². The zero-order chi connectivity index (χ0) is 16.3. The van der Waals surface area contributed by atoms with E-state index in [1.807, 2.05) is 45.9 Å². The van der Waals surface area contributed by atoms with Crippen LogP contribution in [-0.4, -0.2) is 17.4 Å². The molecule has 0 aliphatic heterocycles. The highest BCUT2D eigenvalue weighted by atomic mass is 16.3. The predicted octanol–water partition coefficient (Wildman–Crippen LogP) is 3.70. The Labute approximate surface area is 130 Å². The molecule has 5 nitrogen and oxygen atoms in total. The number of fused-ring (bicyclic) bond motifs is 1. The van der Waals surface area contributed by atoms with Crippen LogP contribution in [0.4, 0.5) is 5.69 Å². The summed E-state index contributed by atoms with van der Waals surface area (Å²) < 4.78 is 5.66. The van der Waals surface area contributed by atoms with E-state index in [-0.39, 0.29) is 23.1 Å². The highest BCUT2D eigenvalue weighted by Crippen LogP contribution is 2.31. The summed E-state index contributed by atoms with van der Waals surface area (Å²) in [4.78, 5) is 24.4. The Morgan fingerprint density at radius 3 is 2.50 bits per heavy atom. The summed E-state index contributed by atoms with van der Waals surface area (Å²) in [5.41, 5.74) is 0.630. The van der Waals surface area contributed by atoms with E-state index in [0.29, 0.717) is 17.7 Å². The summed E-state index contributed by atoms with van der Waals surface area (Å²) in [6.07, 6.45) is 1.14. The van der Waals surface area contributed by atoms with Gasteiger partial charge in [0.25, 0.3) is 5.91 Å². The molecule has 2 aromatic rings. The van der Waals surface area contributed by atoms with E-state index in [2.05, 4.69) is 10.6 Å². The zero-order valence-electron chi connectivity index (χ0n) is 13.4. The molecule has 0 radical (unpaired) electrons. The van der Waals surface area contributed by atoms with Crippen LogP contribution in [-0.2, 0) is 4.79 Å².